The first kappa shape index (κ1) is 16.2. The molecular formula is C12H25ClN2O2S. The van der Waals surface area contributed by atoms with Gasteiger partial charge < -0.3 is 10.2 Å². The largest absolute Gasteiger partial charge is 0.316 e. The summed E-state index contributed by atoms with van der Waals surface area (Å²) in [5.74, 6) is 1.88. The van der Waals surface area contributed by atoms with Crippen molar-refractivity contribution >= 4 is 22.2 Å². The van der Waals surface area contributed by atoms with Crippen molar-refractivity contribution in [3.05, 3.63) is 0 Å². The number of nitrogens with zero attached hydrogens (tertiary/aromatic N) is 1. The second-order valence-corrected chi connectivity index (χ2v) is 8.36. The highest BCUT2D eigenvalue weighted by Gasteiger charge is 2.32. The molecule has 0 aromatic carbocycles. The van der Waals surface area contributed by atoms with Gasteiger partial charge in [0.2, 0.25) is 0 Å². The number of fused-ring (bicyclic) bond motifs is 1. The van der Waals surface area contributed by atoms with Gasteiger partial charge in [0.15, 0.2) is 9.84 Å². The van der Waals surface area contributed by atoms with Gasteiger partial charge in [0, 0.05) is 13.1 Å². The number of sulfone groups is 1. The van der Waals surface area contributed by atoms with Crippen molar-refractivity contribution in [2.24, 2.45) is 11.8 Å². The van der Waals surface area contributed by atoms with E-state index in [-0.39, 0.29) is 17.7 Å². The summed E-state index contributed by atoms with van der Waals surface area (Å²) in [5.41, 5.74) is 0. The molecule has 18 heavy (non-hydrogen) atoms. The first-order valence-electron chi connectivity index (χ1n) is 6.63. The highest BCUT2D eigenvalue weighted by atomic mass is 35.5. The molecule has 2 atom stereocenters. The average Bonchev–Trinajstić information content (AvgIpc) is 2.73. The molecule has 2 heterocycles. The molecule has 0 aromatic rings. The van der Waals surface area contributed by atoms with Crippen LogP contribution in [0.4, 0.5) is 0 Å². The summed E-state index contributed by atoms with van der Waals surface area (Å²) in [7, 11) is -2.88. The molecule has 0 aromatic heterocycles. The van der Waals surface area contributed by atoms with Crippen LogP contribution in [0.15, 0.2) is 0 Å². The van der Waals surface area contributed by atoms with Crippen molar-refractivity contribution in [2.45, 2.75) is 25.5 Å². The van der Waals surface area contributed by atoms with Crippen molar-refractivity contribution in [1.29, 1.82) is 0 Å². The molecule has 0 bridgehead atoms. The van der Waals surface area contributed by atoms with Gasteiger partial charge in [0.1, 0.15) is 0 Å². The number of hydrogen-bond donors (Lipinski definition) is 1. The van der Waals surface area contributed by atoms with Crippen LogP contribution in [0.1, 0.15) is 20.3 Å². The molecule has 6 heteroatoms. The van der Waals surface area contributed by atoms with Crippen molar-refractivity contribution in [3.63, 3.8) is 0 Å². The van der Waals surface area contributed by atoms with Crippen LogP contribution in [-0.4, -0.2) is 57.0 Å². The Morgan fingerprint density at radius 3 is 2.61 bits per heavy atom. The lowest BCUT2D eigenvalue weighted by Gasteiger charge is -2.34. The molecule has 0 aliphatic carbocycles. The van der Waals surface area contributed by atoms with E-state index >= 15 is 0 Å². The van der Waals surface area contributed by atoms with E-state index in [0.29, 0.717) is 12.3 Å². The van der Waals surface area contributed by atoms with Crippen molar-refractivity contribution in [2.75, 3.05) is 38.5 Å². The molecule has 2 rings (SSSR count). The maximum Gasteiger partial charge on any atom is 0.153 e. The Balaban J connectivity index is 0.00000162. The average molecular weight is 297 g/mol. The van der Waals surface area contributed by atoms with Crippen LogP contribution in [0, 0.1) is 11.8 Å². The van der Waals surface area contributed by atoms with Crippen LogP contribution < -0.4 is 5.32 Å². The van der Waals surface area contributed by atoms with E-state index in [1.807, 2.05) is 0 Å². The molecule has 0 radical (unpaired) electrons. The van der Waals surface area contributed by atoms with E-state index in [1.54, 1.807) is 13.8 Å². The molecule has 0 spiro atoms. The molecular weight excluding hydrogens is 272 g/mol. The molecule has 2 unspecified atom stereocenters. The fraction of sp³-hybridized carbons (Fsp3) is 1.00. The Morgan fingerprint density at radius 2 is 1.94 bits per heavy atom. The third-order valence-corrected chi connectivity index (χ3v) is 6.39. The first-order chi connectivity index (χ1) is 7.99. The fourth-order valence-corrected chi connectivity index (χ4v) is 3.79. The van der Waals surface area contributed by atoms with Gasteiger partial charge in [-0.05, 0) is 51.7 Å². The smallest absolute Gasteiger partial charge is 0.153 e. The monoisotopic (exact) mass is 296 g/mol. The highest BCUT2D eigenvalue weighted by Crippen LogP contribution is 2.26. The lowest BCUT2D eigenvalue weighted by molar-refractivity contribution is 0.156. The summed E-state index contributed by atoms with van der Waals surface area (Å²) in [4.78, 5) is 2.33. The maximum atomic E-state index is 11.8. The van der Waals surface area contributed by atoms with Crippen LogP contribution in [0.3, 0.4) is 0 Å². The second kappa shape index (κ2) is 6.55. The number of halogens is 1. The first-order valence-corrected chi connectivity index (χ1v) is 8.35. The Morgan fingerprint density at radius 1 is 1.28 bits per heavy atom. The number of likely N-dealkylation sites (tertiary alicyclic amines) is 1. The van der Waals surface area contributed by atoms with E-state index in [4.69, 9.17) is 0 Å². The molecule has 2 aliphatic heterocycles. The number of nitrogens with one attached hydrogen (secondary N) is 1. The van der Waals surface area contributed by atoms with Gasteiger partial charge in [-0.15, -0.1) is 12.4 Å². The van der Waals surface area contributed by atoms with Gasteiger partial charge in [0.05, 0.1) is 11.0 Å². The van der Waals surface area contributed by atoms with E-state index in [2.05, 4.69) is 10.2 Å². The van der Waals surface area contributed by atoms with Gasteiger partial charge in [0.25, 0.3) is 0 Å². The Hall–Kier alpha value is 0.160. The molecule has 0 saturated carbocycles. The predicted octanol–water partition coefficient (Wildman–Crippen LogP) is 0.773. The molecule has 2 saturated heterocycles. The van der Waals surface area contributed by atoms with Crippen molar-refractivity contribution in [3.8, 4) is 0 Å². The van der Waals surface area contributed by atoms with Crippen LogP contribution in [-0.2, 0) is 9.84 Å². The topological polar surface area (TPSA) is 49.4 Å². The SMILES string of the molecule is CC(C)S(=O)(=O)CCN1CCC2CNCC2C1.Cl. The van der Waals surface area contributed by atoms with Gasteiger partial charge in [-0.25, -0.2) is 8.42 Å². The standard InChI is InChI=1S/C12H24N2O2S.ClH/c1-10(2)17(15,16)6-5-14-4-3-11-7-13-8-12(11)9-14;/h10-13H,3-9H2,1-2H3;1H. The van der Waals surface area contributed by atoms with Crippen LogP contribution >= 0.6 is 12.4 Å². The zero-order chi connectivity index (χ0) is 12.5. The zero-order valence-corrected chi connectivity index (χ0v) is 12.9. The van der Waals surface area contributed by atoms with Crippen LogP contribution in [0.25, 0.3) is 0 Å². The molecule has 1 N–H and O–H groups in total. The predicted molar refractivity (Wildman–Crippen MR) is 77.1 cm³/mol. The normalized spacial score (nSPS) is 29.1. The van der Waals surface area contributed by atoms with Gasteiger partial charge >= 0.3 is 0 Å². The minimum atomic E-state index is -2.88. The van der Waals surface area contributed by atoms with Gasteiger partial charge in [-0.1, -0.05) is 0 Å². The lowest BCUT2D eigenvalue weighted by Crippen LogP contribution is -2.42. The summed E-state index contributed by atoms with van der Waals surface area (Å²) < 4.78 is 23.5. The molecule has 4 nitrogen and oxygen atoms in total. The second-order valence-electron chi connectivity index (χ2n) is 5.68. The summed E-state index contributed by atoms with van der Waals surface area (Å²) in [6.45, 7) is 8.65. The summed E-state index contributed by atoms with van der Waals surface area (Å²) >= 11 is 0. The zero-order valence-electron chi connectivity index (χ0n) is 11.3. The molecule has 0 amide bonds. The Kier molecular flexibility index (Phi) is 5.90. The summed E-state index contributed by atoms with van der Waals surface area (Å²) in [6.07, 6.45) is 1.22. The fourth-order valence-electron chi connectivity index (χ4n) is 2.81. The van der Waals surface area contributed by atoms with Gasteiger partial charge in [-0.2, -0.15) is 0 Å². The Bertz CT molecular complexity index is 359. The quantitative estimate of drug-likeness (QED) is 0.833. The lowest BCUT2D eigenvalue weighted by atomic mass is 9.89. The van der Waals surface area contributed by atoms with Crippen molar-refractivity contribution < 1.29 is 8.42 Å². The third kappa shape index (κ3) is 3.83. The van der Waals surface area contributed by atoms with Gasteiger partial charge in [-0.3, -0.25) is 0 Å². The molecule has 2 fully saturated rings. The van der Waals surface area contributed by atoms with Crippen LogP contribution in [0.2, 0.25) is 0 Å². The Labute approximate surface area is 117 Å². The maximum absolute atomic E-state index is 11.8. The summed E-state index contributed by atoms with van der Waals surface area (Å²) in [5, 5.41) is 3.19. The van der Waals surface area contributed by atoms with E-state index in [9.17, 15) is 8.42 Å². The minimum absolute atomic E-state index is 0. The van der Waals surface area contributed by atoms with E-state index in [0.717, 1.165) is 38.0 Å². The van der Waals surface area contributed by atoms with Crippen molar-refractivity contribution in [1.82, 2.24) is 10.2 Å². The number of piperidine rings is 1. The summed E-state index contributed by atoms with van der Waals surface area (Å²) in [6, 6.07) is 0. The molecule has 2 aliphatic rings. The number of rotatable bonds is 4. The molecule has 108 valence electrons. The van der Waals surface area contributed by atoms with E-state index < -0.39 is 9.84 Å². The minimum Gasteiger partial charge on any atom is -0.316 e. The van der Waals surface area contributed by atoms with E-state index in [1.165, 1.54) is 6.42 Å². The van der Waals surface area contributed by atoms with Crippen LogP contribution in [0.5, 0.6) is 0 Å². The number of hydrogen-bond acceptors (Lipinski definition) is 4. The highest BCUT2D eigenvalue weighted by molar-refractivity contribution is 7.92. The third-order valence-electron chi connectivity index (χ3n) is 4.20.